The van der Waals surface area contributed by atoms with E-state index in [4.69, 9.17) is 0 Å². The molecule has 1 radical (unpaired) electrons. The molecule has 2 rings (SSSR count). The molecule has 1 amide bonds. The highest BCUT2D eigenvalue weighted by molar-refractivity contribution is 5.68. The number of hydrogen-bond donors (Lipinski definition) is 2. The lowest BCUT2D eigenvalue weighted by Gasteiger charge is -2.28. The second-order valence-electron chi connectivity index (χ2n) is 4.36. The van der Waals surface area contributed by atoms with Crippen molar-refractivity contribution < 1.29 is 15.0 Å². The van der Waals surface area contributed by atoms with E-state index in [1.165, 1.54) is 4.90 Å². The molecule has 1 aliphatic rings. The van der Waals surface area contributed by atoms with Crippen LogP contribution < -0.4 is 0 Å². The Labute approximate surface area is 100 Å². The maximum absolute atomic E-state index is 11.3. The van der Waals surface area contributed by atoms with Crippen molar-refractivity contribution in [1.29, 1.82) is 0 Å². The van der Waals surface area contributed by atoms with E-state index in [9.17, 15) is 15.0 Å². The molecule has 0 aliphatic heterocycles. The second kappa shape index (κ2) is 4.75. The molecule has 1 fully saturated rings. The fourth-order valence-corrected chi connectivity index (χ4v) is 2.06. The first-order valence-electron chi connectivity index (χ1n) is 5.68. The molecule has 0 spiro atoms. The molecule has 91 valence electrons. The van der Waals surface area contributed by atoms with Gasteiger partial charge in [-0.2, -0.15) is 0 Å². The molecule has 1 aliphatic carbocycles. The third-order valence-corrected chi connectivity index (χ3v) is 3.11. The third-order valence-electron chi connectivity index (χ3n) is 3.11. The molecule has 2 N–H and O–H groups in total. The molecular weight excluding hydrogens is 218 g/mol. The fraction of sp³-hybridized carbons (Fsp3) is 0.385. The zero-order chi connectivity index (χ0) is 12.4. The summed E-state index contributed by atoms with van der Waals surface area (Å²) in [7, 11) is 0. The van der Waals surface area contributed by atoms with Crippen LogP contribution in [0.4, 0.5) is 4.79 Å². The third kappa shape index (κ3) is 2.42. The Hall–Kier alpha value is -1.55. The number of carbonyl (C=O) groups is 1. The Morgan fingerprint density at radius 1 is 1.47 bits per heavy atom. The van der Waals surface area contributed by atoms with Crippen molar-refractivity contribution >= 4 is 6.09 Å². The zero-order valence-electron chi connectivity index (χ0n) is 9.71. The smallest absolute Gasteiger partial charge is 0.408 e. The van der Waals surface area contributed by atoms with Crippen LogP contribution in [0.2, 0.25) is 0 Å². The van der Waals surface area contributed by atoms with Gasteiger partial charge in [-0.15, -0.1) is 0 Å². The van der Waals surface area contributed by atoms with E-state index in [2.05, 4.69) is 0 Å². The summed E-state index contributed by atoms with van der Waals surface area (Å²) < 4.78 is 0. The van der Waals surface area contributed by atoms with Crippen molar-refractivity contribution in [3.05, 3.63) is 41.9 Å². The van der Waals surface area contributed by atoms with Gasteiger partial charge in [0, 0.05) is 0 Å². The molecule has 0 heterocycles. The number of aliphatic hydroxyl groups excluding tert-OH is 1. The number of amides is 1. The Balaban J connectivity index is 2.24. The topological polar surface area (TPSA) is 60.8 Å². The Morgan fingerprint density at radius 3 is 2.47 bits per heavy atom. The van der Waals surface area contributed by atoms with E-state index in [1.54, 1.807) is 0 Å². The van der Waals surface area contributed by atoms with Crippen molar-refractivity contribution in [2.24, 2.45) is 5.92 Å². The van der Waals surface area contributed by atoms with Gasteiger partial charge < -0.3 is 10.2 Å². The van der Waals surface area contributed by atoms with E-state index in [-0.39, 0.29) is 6.61 Å². The summed E-state index contributed by atoms with van der Waals surface area (Å²) in [6, 6.07) is 9.64. The first kappa shape index (κ1) is 11.9. The fourth-order valence-electron chi connectivity index (χ4n) is 2.06. The SMILES string of the molecule is C[C@H]1C[C]1N(C(=O)O)[C@@H](CO)c1ccccc1. The van der Waals surface area contributed by atoms with Crippen LogP contribution >= 0.6 is 0 Å². The Morgan fingerprint density at radius 2 is 2.06 bits per heavy atom. The monoisotopic (exact) mass is 234 g/mol. The average molecular weight is 234 g/mol. The minimum absolute atomic E-state index is 0.202. The summed E-state index contributed by atoms with van der Waals surface area (Å²) in [4.78, 5) is 12.6. The van der Waals surface area contributed by atoms with Gasteiger partial charge in [-0.3, -0.25) is 4.90 Å². The summed E-state index contributed by atoms with van der Waals surface area (Å²) >= 11 is 0. The van der Waals surface area contributed by atoms with E-state index in [0.29, 0.717) is 5.92 Å². The highest BCUT2D eigenvalue weighted by atomic mass is 16.4. The maximum atomic E-state index is 11.3. The molecule has 0 aromatic heterocycles. The molecular formula is C13H16NO3. The van der Waals surface area contributed by atoms with Crippen molar-refractivity contribution in [1.82, 2.24) is 4.90 Å². The largest absolute Gasteiger partial charge is 0.465 e. The van der Waals surface area contributed by atoms with Crippen LogP contribution in [-0.4, -0.2) is 27.8 Å². The van der Waals surface area contributed by atoms with Gasteiger partial charge in [0.25, 0.3) is 0 Å². The summed E-state index contributed by atoms with van der Waals surface area (Å²) in [6.07, 6.45) is -0.192. The van der Waals surface area contributed by atoms with E-state index in [0.717, 1.165) is 18.0 Å². The number of nitrogens with zero attached hydrogens (tertiary/aromatic N) is 1. The van der Waals surface area contributed by atoms with Crippen LogP contribution in [0.15, 0.2) is 30.3 Å². The number of carboxylic acid groups (broad SMARTS) is 1. The van der Waals surface area contributed by atoms with Crippen LogP contribution in [0.3, 0.4) is 0 Å². The van der Waals surface area contributed by atoms with Crippen molar-refractivity contribution in [2.75, 3.05) is 6.61 Å². The van der Waals surface area contributed by atoms with Gasteiger partial charge in [0.2, 0.25) is 0 Å². The van der Waals surface area contributed by atoms with Gasteiger partial charge in [-0.25, -0.2) is 4.79 Å². The molecule has 0 saturated heterocycles. The number of benzene rings is 1. The van der Waals surface area contributed by atoms with Crippen LogP contribution in [-0.2, 0) is 0 Å². The number of hydrogen-bond acceptors (Lipinski definition) is 2. The van der Waals surface area contributed by atoms with E-state index >= 15 is 0 Å². The minimum atomic E-state index is -0.993. The molecule has 2 atom stereocenters. The van der Waals surface area contributed by atoms with Crippen molar-refractivity contribution in [2.45, 2.75) is 19.4 Å². The van der Waals surface area contributed by atoms with E-state index in [1.807, 2.05) is 37.3 Å². The average Bonchev–Trinajstić information content (AvgIpc) is 3.03. The molecule has 4 heteroatoms. The first-order valence-corrected chi connectivity index (χ1v) is 5.68. The minimum Gasteiger partial charge on any atom is -0.465 e. The summed E-state index contributed by atoms with van der Waals surface area (Å²) in [5.41, 5.74) is 0.823. The lowest BCUT2D eigenvalue weighted by atomic mass is 10.1. The molecule has 1 aromatic rings. The van der Waals surface area contributed by atoms with Gasteiger partial charge in [-0.1, -0.05) is 37.3 Å². The number of rotatable bonds is 4. The first-order chi connectivity index (χ1) is 8.15. The quantitative estimate of drug-likeness (QED) is 0.840. The predicted molar refractivity (Wildman–Crippen MR) is 63.2 cm³/mol. The standard InChI is InChI=1S/C13H16NO3/c1-9-7-11(9)14(13(16)17)12(8-15)10-5-3-2-4-6-10/h2-6,9,12,15H,7-8H2,1H3,(H,16,17)/t9-,12-/m0/s1. The lowest BCUT2D eigenvalue weighted by molar-refractivity contribution is 0.109. The Kier molecular flexibility index (Phi) is 3.33. The van der Waals surface area contributed by atoms with Gasteiger partial charge in [-0.05, 0) is 17.9 Å². The van der Waals surface area contributed by atoms with Gasteiger partial charge >= 0.3 is 6.09 Å². The summed E-state index contributed by atoms with van der Waals surface area (Å²) in [5.74, 6) is 0.309. The van der Waals surface area contributed by atoms with Crippen molar-refractivity contribution in [3.63, 3.8) is 0 Å². The molecule has 1 saturated carbocycles. The summed E-state index contributed by atoms with van der Waals surface area (Å²) in [5, 5.41) is 18.7. The zero-order valence-corrected chi connectivity index (χ0v) is 9.71. The molecule has 1 aromatic carbocycles. The highest BCUT2D eigenvalue weighted by Crippen LogP contribution is 2.46. The van der Waals surface area contributed by atoms with Crippen LogP contribution in [0, 0.1) is 12.0 Å². The van der Waals surface area contributed by atoms with Crippen LogP contribution in [0.1, 0.15) is 24.9 Å². The van der Waals surface area contributed by atoms with Crippen LogP contribution in [0.5, 0.6) is 0 Å². The van der Waals surface area contributed by atoms with Gasteiger partial charge in [0.1, 0.15) is 0 Å². The normalized spacial score (nSPS) is 20.9. The summed E-state index contributed by atoms with van der Waals surface area (Å²) in [6.45, 7) is 1.79. The molecule has 0 bridgehead atoms. The maximum Gasteiger partial charge on any atom is 0.408 e. The van der Waals surface area contributed by atoms with Gasteiger partial charge in [0.15, 0.2) is 0 Å². The van der Waals surface area contributed by atoms with Crippen molar-refractivity contribution in [3.8, 4) is 0 Å². The van der Waals surface area contributed by atoms with E-state index < -0.39 is 12.1 Å². The Bertz CT molecular complexity index is 393. The number of aliphatic hydroxyl groups is 1. The highest BCUT2D eigenvalue weighted by Gasteiger charge is 2.45. The lowest BCUT2D eigenvalue weighted by Crippen LogP contribution is -2.34. The molecule has 0 unspecified atom stereocenters. The second-order valence-corrected chi connectivity index (χ2v) is 4.36. The molecule has 4 nitrogen and oxygen atoms in total. The molecule has 17 heavy (non-hydrogen) atoms. The predicted octanol–water partition coefficient (Wildman–Crippen LogP) is 2.27. The van der Waals surface area contributed by atoms with Gasteiger partial charge in [0.05, 0.1) is 18.7 Å². The van der Waals surface area contributed by atoms with Crippen LogP contribution in [0.25, 0.3) is 0 Å².